The minimum Gasteiger partial charge on any atom is -0.394 e. The average Bonchev–Trinajstić information content (AvgIpc) is 2.65. The lowest BCUT2D eigenvalue weighted by Gasteiger charge is -2.32. The third-order valence-corrected chi connectivity index (χ3v) is 3.29. The Kier molecular flexibility index (Phi) is 3.78. The number of ether oxygens (including phenoxy) is 1. The molecule has 1 aliphatic heterocycles. The van der Waals surface area contributed by atoms with Gasteiger partial charge in [0.15, 0.2) is 5.72 Å². The Balaban J connectivity index is 2.59. The Bertz CT molecular complexity index is 644. The molecule has 1 aromatic rings. The zero-order chi connectivity index (χ0) is 14.9. The number of hydrogen-bond acceptors (Lipinski definition) is 6. The predicted molar refractivity (Wildman–Crippen MR) is 66.7 cm³/mol. The van der Waals surface area contributed by atoms with Gasteiger partial charge in [-0.05, 0) is 0 Å². The van der Waals surface area contributed by atoms with Crippen LogP contribution >= 0.6 is 0 Å². The lowest BCUT2D eigenvalue weighted by atomic mass is 9.99. The van der Waals surface area contributed by atoms with Gasteiger partial charge in [0.05, 0.1) is 13.0 Å². The van der Waals surface area contributed by atoms with Gasteiger partial charge < -0.3 is 20.1 Å². The molecule has 4 atom stereocenters. The molecule has 1 fully saturated rings. The summed E-state index contributed by atoms with van der Waals surface area (Å²) >= 11 is 0. The Labute approximate surface area is 113 Å². The lowest BCUT2D eigenvalue weighted by Crippen LogP contribution is -2.51. The Morgan fingerprint density at radius 2 is 2.20 bits per heavy atom. The van der Waals surface area contributed by atoms with Crippen LogP contribution in [-0.2, 0) is 10.5 Å². The van der Waals surface area contributed by atoms with Crippen LogP contribution in [0.25, 0.3) is 0 Å². The second-order valence-corrected chi connectivity index (χ2v) is 4.48. The molecule has 0 amide bonds. The molecule has 0 spiro atoms. The van der Waals surface area contributed by atoms with E-state index >= 15 is 0 Å². The number of aliphatic hydroxyl groups excluding tert-OH is 3. The highest BCUT2D eigenvalue weighted by Crippen LogP contribution is 2.37. The monoisotopic (exact) mass is 282 g/mol. The molecule has 1 aliphatic rings. The number of nitrogens with zero attached hydrogens (tertiary/aromatic N) is 1. The summed E-state index contributed by atoms with van der Waals surface area (Å²) in [6, 6.07) is 1.06. The van der Waals surface area contributed by atoms with Crippen LogP contribution in [0.5, 0.6) is 0 Å². The molecule has 0 bridgehead atoms. The number of hydrogen-bond donors (Lipinski definition) is 4. The van der Waals surface area contributed by atoms with Gasteiger partial charge in [-0.2, -0.15) is 0 Å². The van der Waals surface area contributed by atoms with Crippen LogP contribution in [0, 0.1) is 12.3 Å². The largest absolute Gasteiger partial charge is 0.394 e. The molecule has 8 nitrogen and oxygen atoms in total. The molecule has 0 aromatic carbocycles. The summed E-state index contributed by atoms with van der Waals surface area (Å²) in [5.41, 5.74) is -3.19. The summed E-state index contributed by atoms with van der Waals surface area (Å²) in [6.45, 7) is -0.553. The van der Waals surface area contributed by atoms with Crippen molar-refractivity contribution in [1.82, 2.24) is 9.55 Å². The van der Waals surface area contributed by atoms with Crippen LogP contribution in [0.2, 0.25) is 0 Å². The molecule has 4 N–H and O–H groups in total. The first-order valence-corrected chi connectivity index (χ1v) is 5.87. The molecule has 0 unspecified atom stereocenters. The maximum Gasteiger partial charge on any atom is 0.330 e. The van der Waals surface area contributed by atoms with Crippen molar-refractivity contribution in [1.29, 1.82) is 0 Å². The van der Waals surface area contributed by atoms with Gasteiger partial charge in [0.1, 0.15) is 18.3 Å². The van der Waals surface area contributed by atoms with E-state index in [9.17, 15) is 19.8 Å². The van der Waals surface area contributed by atoms with Crippen LogP contribution in [0.4, 0.5) is 0 Å². The minimum atomic E-state index is -1.73. The zero-order valence-electron chi connectivity index (χ0n) is 10.4. The van der Waals surface area contributed by atoms with Crippen molar-refractivity contribution in [3.05, 3.63) is 33.1 Å². The summed E-state index contributed by atoms with van der Waals surface area (Å²) in [7, 11) is 0. The number of aliphatic hydroxyl groups is 3. The first-order valence-electron chi connectivity index (χ1n) is 5.87. The molecule has 1 aromatic heterocycles. The normalized spacial score (nSPS) is 33.0. The zero-order valence-corrected chi connectivity index (χ0v) is 10.4. The van der Waals surface area contributed by atoms with Crippen LogP contribution in [-0.4, -0.2) is 49.8 Å². The topological polar surface area (TPSA) is 125 Å². The van der Waals surface area contributed by atoms with Crippen molar-refractivity contribution in [2.24, 2.45) is 0 Å². The fourth-order valence-corrected chi connectivity index (χ4v) is 2.31. The molecule has 108 valence electrons. The summed E-state index contributed by atoms with van der Waals surface area (Å²) in [5, 5.41) is 29.1. The second-order valence-electron chi connectivity index (χ2n) is 4.48. The van der Waals surface area contributed by atoms with Crippen LogP contribution < -0.4 is 11.2 Å². The van der Waals surface area contributed by atoms with E-state index in [0.717, 1.165) is 16.8 Å². The van der Waals surface area contributed by atoms with Crippen LogP contribution in [0.15, 0.2) is 21.9 Å². The lowest BCUT2D eigenvalue weighted by molar-refractivity contribution is -0.146. The molecule has 2 rings (SSSR count). The number of aromatic amines is 1. The summed E-state index contributed by atoms with van der Waals surface area (Å²) in [4.78, 5) is 25.0. The summed E-state index contributed by atoms with van der Waals surface area (Å²) in [5.74, 6) is 2.26. The van der Waals surface area contributed by atoms with E-state index in [1.54, 1.807) is 0 Å². The molecule has 0 saturated carbocycles. The van der Waals surface area contributed by atoms with Crippen molar-refractivity contribution in [3.8, 4) is 12.3 Å². The van der Waals surface area contributed by atoms with Gasteiger partial charge in [0.25, 0.3) is 5.56 Å². The maximum atomic E-state index is 11.9. The SMILES string of the molecule is C#CC[C@@]1(n2ccc(=O)[nH]c2=O)O[C@H](CO)[C@@H](O)[C@H]1O. The van der Waals surface area contributed by atoms with E-state index in [-0.39, 0.29) is 6.42 Å². The highest BCUT2D eigenvalue weighted by atomic mass is 16.6. The fraction of sp³-hybridized carbons (Fsp3) is 0.500. The van der Waals surface area contributed by atoms with Crippen molar-refractivity contribution in [3.63, 3.8) is 0 Å². The van der Waals surface area contributed by atoms with Gasteiger partial charge in [-0.1, -0.05) is 0 Å². The van der Waals surface area contributed by atoms with E-state index in [2.05, 4.69) is 5.92 Å². The van der Waals surface area contributed by atoms with Gasteiger partial charge in [0.2, 0.25) is 0 Å². The van der Waals surface area contributed by atoms with E-state index in [0.29, 0.717) is 0 Å². The van der Waals surface area contributed by atoms with Gasteiger partial charge >= 0.3 is 5.69 Å². The molecule has 2 heterocycles. The standard InChI is InChI=1S/C12H14N2O6/c1-2-4-12(10(18)9(17)7(6-15)20-12)14-5-3-8(16)13-11(14)19/h1,3,5,7,9-10,15,17-18H,4,6H2,(H,13,16,19)/t7-,9-,10-,12-/m1/s1. The molecule has 1 saturated heterocycles. The molecule has 20 heavy (non-hydrogen) atoms. The number of aromatic nitrogens is 2. The number of nitrogens with one attached hydrogen (secondary N) is 1. The van der Waals surface area contributed by atoms with Crippen molar-refractivity contribution in [2.45, 2.75) is 30.5 Å². The maximum absolute atomic E-state index is 11.9. The Hall–Kier alpha value is -1.92. The number of H-pyrrole nitrogens is 1. The minimum absolute atomic E-state index is 0.228. The quantitative estimate of drug-likeness (QED) is 0.448. The average molecular weight is 282 g/mol. The number of rotatable bonds is 3. The van der Waals surface area contributed by atoms with E-state index in [4.69, 9.17) is 16.3 Å². The predicted octanol–water partition coefficient (Wildman–Crippen LogP) is -2.67. The van der Waals surface area contributed by atoms with Gasteiger partial charge in [-0.25, -0.2) is 4.79 Å². The summed E-state index contributed by atoms with van der Waals surface area (Å²) < 4.78 is 6.33. The van der Waals surface area contributed by atoms with Crippen molar-refractivity contribution < 1.29 is 20.1 Å². The molecular formula is C12H14N2O6. The van der Waals surface area contributed by atoms with E-state index < -0.39 is 41.9 Å². The van der Waals surface area contributed by atoms with Gasteiger partial charge in [-0.15, -0.1) is 12.3 Å². The van der Waals surface area contributed by atoms with Gasteiger partial charge in [-0.3, -0.25) is 14.3 Å². The molecule has 0 aliphatic carbocycles. The summed E-state index contributed by atoms with van der Waals surface area (Å²) in [6.07, 6.45) is 2.10. The van der Waals surface area contributed by atoms with E-state index in [1.165, 1.54) is 0 Å². The highest BCUT2D eigenvalue weighted by molar-refractivity contribution is 5.07. The molecular weight excluding hydrogens is 268 g/mol. The number of terminal acetylenes is 1. The third kappa shape index (κ3) is 2.07. The first-order chi connectivity index (χ1) is 9.46. The van der Waals surface area contributed by atoms with E-state index in [1.807, 2.05) is 4.98 Å². The van der Waals surface area contributed by atoms with Crippen molar-refractivity contribution >= 4 is 0 Å². The van der Waals surface area contributed by atoms with Crippen LogP contribution in [0.1, 0.15) is 6.42 Å². The Morgan fingerprint density at radius 1 is 1.50 bits per heavy atom. The molecule has 8 heteroatoms. The van der Waals surface area contributed by atoms with Crippen LogP contribution in [0.3, 0.4) is 0 Å². The Morgan fingerprint density at radius 3 is 2.70 bits per heavy atom. The first kappa shape index (κ1) is 14.5. The second kappa shape index (κ2) is 5.22. The van der Waals surface area contributed by atoms with Gasteiger partial charge in [0, 0.05) is 12.3 Å². The smallest absolute Gasteiger partial charge is 0.330 e. The fourth-order valence-electron chi connectivity index (χ4n) is 2.31. The third-order valence-electron chi connectivity index (χ3n) is 3.29. The molecule has 0 radical (unpaired) electrons. The van der Waals surface area contributed by atoms with Crippen molar-refractivity contribution in [2.75, 3.05) is 6.61 Å². The highest BCUT2D eigenvalue weighted by Gasteiger charge is 2.55.